The quantitative estimate of drug-likeness (QED) is 0.841. The van der Waals surface area contributed by atoms with Crippen LogP contribution in [0.5, 0.6) is 0 Å². The van der Waals surface area contributed by atoms with Gasteiger partial charge in [-0.1, -0.05) is 36.7 Å². The summed E-state index contributed by atoms with van der Waals surface area (Å²) in [7, 11) is 0. The van der Waals surface area contributed by atoms with E-state index in [0.717, 1.165) is 24.3 Å². The highest BCUT2D eigenvalue weighted by molar-refractivity contribution is 6.30. The Morgan fingerprint density at radius 2 is 1.80 bits per heavy atom. The van der Waals surface area contributed by atoms with Gasteiger partial charge >= 0.3 is 0 Å². The highest BCUT2D eigenvalue weighted by Crippen LogP contribution is 2.17. The van der Waals surface area contributed by atoms with Crippen LogP contribution < -0.4 is 5.73 Å². The van der Waals surface area contributed by atoms with Crippen LogP contribution in [0.15, 0.2) is 42.5 Å². The van der Waals surface area contributed by atoms with Crippen molar-refractivity contribution in [2.24, 2.45) is 0 Å². The predicted octanol–water partition coefficient (Wildman–Crippen LogP) is 4.08. The van der Waals surface area contributed by atoms with Gasteiger partial charge in [0.1, 0.15) is 5.82 Å². The van der Waals surface area contributed by atoms with Gasteiger partial charge in [-0.3, -0.25) is 4.90 Å². The molecule has 0 bridgehead atoms. The summed E-state index contributed by atoms with van der Waals surface area (Å²) in [6, 6.07) is 12.6. The van der Waals surface area contributed by atoms with Gasteiger partial charge < -0.3 is 5.73 Å². The third-order valence-corrected chi connectivity index (χ3v) is 3.48. The highest BCUT2D eigenvalue weighted by atomic mass is 35.5. The fraction of sp³-hybridized carbons (Fsp3) is 0.250. The first kappa shape index (κ1) is 14.8. The van der Waals surface area contributed by atoms with E-state index in [1.165, 1.54) is 6.07 Å². The van der Waals surface area contributed by atoms with Crippen LogP contribution in [0, 0.1) is 5.82 Å². The molecule has 0 aliphatic carbocycles. The lowest BCUT2D eigenvalue weighted by atomic mass is 10.1. The minimum absolute atomic E-state index is 0.256. The number of hydrogen-bond acceptors (Lipinski definition) is 2. The van der Waals surface area contributed by atoms with Gasteiger partial charge in [-0.25, -0.2) is 4.39 Å². The molecule has 0 heterocycles. The van der Waals surface area contributed by atoms with Crippen molar-refractivity contribution in [1.29, 1.82) is 0 Å². The number of nitrogen functional groups attached to an aromatic ring is 1. The van der Waals surface area contributed by atoms with E-state index in [2.05, 4.69) is 11.8 Å². The van der Waals surface area contributed by atoms with E-state index >= 15 is 0 Å². The van der Waals surface area contributed by atoms with Crippen LogP contribution in [0.2, 0.25) is 5.02 Å². The number of hydrogen-bond donors (Lipinski definition) is 1. The monoisotopic (exact) mass is 292 g/mol. The molecule has 0 radical (unpaired) electrons. The SMILES string of the molecule is CCN(Cc1ccc(N)cc1)Cc1ccc(Cl)cc1F. The molecule has 2 nitrogen and oxygen atoms in total. The largest absolute Gasteiger partial charge is 0.399 e. The Balaban J connectivity index is 2.07. The van der Waals surface area contributed by atoms with Gasteiger partial charge in [0, 0.05) is 29.4 Å². The summed E-state index contributed by atoms with van der Waals surface area (Å²) < 4.78 is 13.8. The molecule has 0 saturated carbocycles. The maximum atomic E-state index is 13.8. The molecule has 0 spiro atoms. The molecule has 2 N–H and O–H groups in total. The number of benzene rings is 2. The molecule has 0 aliphatic heterocycles. The van der Waals surface area contributed by atoms with E-state index in [-0.39, 0.29) is 5.82 Å². The molecule has 4 heteroatoms. The first-order chi connectivity index (χ1) is 9.58. The van der Waals surface area contributed by atoms with Crippen LogP contribution >= 0.6 is 11.6 Å². The first-order valence-electron chi connectivity index (χ1n) is 6.59. The van der Waals surface area contributed by atoms with E-state index in [0.29, 0.717) is 17.1 Å². The van der Waals surface area contributed by atoms with Gasteiger partial charge in [0.15, 0.2) is 0 Å². The highest BCUT2D eigenvalue weighted by Gasteiger charge is 2.09. The van der Waals surface area contributed by atoms with Crippen molar-refractivity contribution in [3.63, 3.8) is 0 Å². The van der Waals surface area contributed by atoms with Crippen LogP contribution in [0.25, 0.3) is 0 Å². The predicted molar refractivity (Wildman–Crippen MR) is 82.1 cm³/mol. The third-order valence-electron chi connectivity index (χ3n) is 3.24. The third kappa shape index (κ3) is 3.95. The fourth-order valence-electron chi connectivity index (χ4n) is 2.05. The van der Waals surface area contributed by atoms with Gasteiger partial charge in [0.25, 0.3) is 0 Å². The molecule has 106 valence electrons. The Bertz CT molecular complexity index is 569. The number of nitrogens with zero attached hydrogens (tertiary/aromatic N) is 1. The lowest BCUT2D eigenvalue weighted by Gasteiger charge is -2.21. The van der Waals surface area contributed by atoms with Crippen LogP contribution in [-0.4, -0.2) is 11.4 Å². The van der Waals surface area contributed by atoms with Crippen molar-refractivity contribution >= 4 is 17.3 Å². The molecule has 0 atom stereocenters. The smallest absolute Gasteiger partial charge is 0.129 e. The van der Waals surface area contributed by atoms with Crippen molar-refractivity contribution in [1.82, 2.24) is 4.90 Å². The molecule has 0 fully saturated rings. The van der Waals surface area contributed by atoms with Gasteiger partial charge in [0.05, 0.1) is 0 Å². The Hall–Kier alpha value is -1.58. The van der Waals surface area contributed by atoms with Crippen LogP contribution in [0.4, 0.5) is 10.1 Å². The Kier molecular flexibility index (Phi) is 4.99. The second-order valence-electron chi connectivity index (χ2n) is 4.78. The molecule has 0 unspecified atom stereocenters. The summed E-state index contributed by atoms with van der Waals surface area (Å²) in [5.41, 5.74) is 8.24. The number of halogens is 2. The molecule has 0 amide bonds. The number of anilines is 1. The lowest BCUT2D eigenvalue weighted by Crippen LogP contribution is -2.22. The average molecular weight is 293 g/mol. The van der Waals surface area contributed by atoms with E-state index in [1.807, 2.05) is 24.3 Å². The zero-order chi connectivity index (χ0) is 14.5. The Morgan fingerprint density at radius 1 is 1.10 bits per heavy atom. The van der Waals surface area contributed by atoms with E-state index in [4.69, 9.17) is 17.3 Å². The summed E-state index contributed by atoms with van der Waals surface area (Å²) in [4.78, 5) is 2.16. The first-order valence-corrected chi connectivity index (χ1v) is 6.97. The molecule has 2 aromatic carbocycles. The van der Waals surface area contributed by atoms with Crippen LogP contribution in [0.3, 0.4) is 0 Å². The maximum absolute atomic E-state index is 13.8. The van der Waals surface area contributed by atoms with Crippen LogP contribution in [-0.2, 0) is 13.1 Å². The lowest BCUT2D eigenvalue weighted by molar-refractivity contribution is 0.267. The van der Waals surface area contributed by atoms with Crippen molar-refractivity contribution in [2.75, 3.05) is 12.3 Å². The number of nitrogens with two attached hydrogens (primary N) is 1. The molecular weight excluding hydrogens is 275 g/mol. The Morgan fingerprint density at radius 3 is 2.40 bits per heavy atom. The topological polar surface area (TPSA) is 29.3 Å². The number of rotatable bonds is 5. The summed E-state index contributed by atoms with van der Waals surface area (Å²) >= 11 is 5.77. The molecule has 0 aromatic heterocycles. The molecule has 0 aliphatic rings. The zero-order valence-corrected chi connectivity index (χ0v) is 12.2. The van der Waals surface area contributed by atoms with Crippen molar-refractivity contribution in [3.05, 3.63) is 64.4 Å². The summed E-state index contributed by atoms with van der Waals surface area (Å²) in [6.07, 6.45) is 0. The Labute approximate surface area is 124 Å². The van der Waals surface area contributed by atoms with Crippen molar-refractivity contribution in [2.45, 2.75) is 20.0 Å². The summed E-state index contributed by atoms with van der Waals surface area (Å²) in [6.45, 7) is 4.22. The summed E-state index contributed by atoms with van der Waals surface area (Å²) in [5.74, 6) is -0.256. The molecule has 2 aromatic rings. The van der Waals surface area contributed by atoms with Gasteiger partial charge in [0.2, 0.25) is 0 Å². The average Bonchev–Trinajstić information content (AvgIpc) is 2.43. The summed E-state index contributed by atoms with van der Waals surface area (Å²) in [5, 5.41) is 0.424. The minimum Gasteiger partial charge on any atom is -0.399 e. The molecular formula is C16H18ClFN2. The van der Waals surface area contributed by atoms with E-state index in [1.54, 1.807) is 12.1 Å². The second kappa shape index (κ2) is 6.73. The van der Waals surface area contributed by atoms with Gasteiger partial charge in [-0.15, -0.1) is 0 Å². The second-order valence-corrected chi connectivity index (χ2v) is 5.22. The maximum Gasteiger partial charge on any atom is 0.129 e. The minimum atomic E-state index is -0.256. The van der Waals surface area contributed by atoms with Crippen molar-refractivity contribution in [3.8, 4) is 0 Å². The van der Waals surface area contributed by atoms with Crippen molar-refractivity contribution < 1.29 is 4.39 Å². The van der Waals surface area contributed by atoms with E-state index in [9.17, 15) is 4.39 Å². The fourth-order valence-corrected chi connectivity index (χ4v) is 2.21. The van der Waals surface area contributed by atoms with E-state index < -0.39 is 0 Å². The zero-order valence-electron chi connectivity index (χ0n) is 11.4. The molecule has 20 heavy (non-hydrogen) atoms. The normalized spacial score (nSPS) is 11.0. The molecule has 2 rings (SSSR count). The van der Waals surface area contributed by atoms with Gasteiger partial charge in [-0.05, 0) is 36.4 Å². The van der Waals surface area contributed by atoms with Crippen LogP contribution in [0.1, 0.15) is 18.1 Å². The standard InChI is InChI=1S/C16H18ClFN2/c1-2-20(10-12-3-7-15(19)8-4-12)11-13-5-6-14(17)9-16(13)18/h3-9H,2,10-11,19H2,1H3. The molecule has 0 saturated heterocycles. The van der Waals surface area contributed by atoms with Gasteiger partial charge in [-0.2, -0.15) is 0 Å².